The maximum atomic E-state index is 13.7. The van der Waals surface area contributed by atoms with Crippen molar-refractivity contribution in [3.05, 3.63) is 108 Å². The molecule has 0 radical (unpaired) electrons. The lowest BCUT2D eigenvalue weighted by atomic mass is 9.80. The molecule has 1 aliphatic heterocycles. The van der Waals surface area contributed by atoms with Crippen molar-refractivity contribution >= 4 is 7.60 Å². The molecule has 4 rings (SSSR count). The molecule has 1 heterocycles. The van der Waals surface area contributed by atoms with Crippen LogP contribution in [-0.4, -0.2) is 36.1 Å². The van der Waals surface area contributed by atoms with E-state index in [9.17, 15) is 9.67 Å². The molecule has 0 aliphatic carbocycles. The summed E-state index contributed by atoms with van der Waals surface area (Å²) in [6.45, 7) is 7.43. The molecule has 0 bridgehead atoms. The fraction of sp³-hybridized carbons (Fsp3) is 0.400. The Balaban J connectivity index is 1.69. The number of rotatable bonds is 11. The van der Waals surface area contributed by atoms with E-state index in [4.69, 9.17) is 18.5 Å². The summed E-state index contributed by atoms with van der Waals surface area (Å²) in [5.74, 6) is -1.21. The SMILES string of the molecule is CC(C)OP(=O)(OC(C)C)[C@H]1C[C@@H](C(O)OC(c2ccccc2)(c2ccccc2)c2ccccc2)CO1. The third-order valence-electron chi connectivity index (χ3n) is 6.32. The predicted octanol–water partition coefficient (Wildman–Crippen LogP) is 6.72. The quantitative estimate of drug-likeness (QED) is 0.171. The number of aliphatic hydroxyl groups is 1. The average molecular weight is 525 g/mol. The molecule has 6 nitrogen and oxygen atoms in total. The van der Waals surface area contributed by atoms with Crippen LogP contribution in [0, 0.1) is 5.92 Å². The van der Waals surface area contributed by atoms with Gasteiger partial charge in [0, 0.05) is 5.92 Å². The van der Waals surface area contributed by atoms with Gasteiger partial charge in [-0.05, 0) is 50.8 Å². The van der Waals surface area contributed by atoms with E-state index in [1.54, 1.807) is 0 Å². The molecule has 3 aromatic carbocycles. The van der Waals surface area contributed by atoms with E-state index < -0.39 is 31.2 Å². The van der Waals surface area contributed by atoms with Crippen LogP contribution in [0.5, 0.6) is 0 Å². The summed E-state index contributed by atoms with van der Waals surface area (Å²) >= 11 is 0. The molecule has 0 spiro atoms. The number of benzene rings is 3. The summed E-state index contributed by atoms with van der Waals surface area (Å²) < 4.78 is 37.8. The van der Waals surface area contributed by atoms with Crippen molar-refractivity contribution in [1.29, 1.82) is 0 Å². The van der Waals surface area contributed by atoms with Gasteiger partial charge in [0.25, 0.3) is 0 Å². The summed E-state index contributed by atoms with van der Waals surface area (Å²) in [5, 5.41) is 11.5. The second-order valence-corrected chi connectivity index (χ2v) is 12.0. The summed E-state index contributed by atoms with van der Waals surface area (Å²) in [4.78, 5) is 0. The Morgan fingerprint density at radius 2 is 1.19 bits per heavy atom. The third kappa shape index (κ3) is 6.23. The molecule has 1 aliphatic rings. The fourth-order valence-corrected chi connectivity index (χ4v) is 7.09. The number of aliphatic hydroxyl groups excluding tert-OH is 1. The van der Waals surface area contributed by atoms with Crippen molar-refractivity contribution in [3.63, 3.8) is 0 Å². The largest absolute Gasteiger partial charge is 0.368 e. The van der Waals surface area contributed by atoms with Gasteiger partial charge in [-0.1, -0.05) is 91.0 Å². The highest BCUT2D eigenvalue weighted by Gasteiger charge is 2.48. The highest BCUT2D eigenvalue weighted by molar-refractivity contribution is 7.54. The highest BCUT2D eigenvalue weighted by Crippen LogP contribution is 2.59. The Labute approximate surface area is 220 Å². The van der Waals surface area contributed by atoms with Gasteiger partial charge in [-0.25, -0.2) is 0 Å². The molecule has 1 unspecified atom stereocenters. The number of ether oxygens (including phenoxy) is 2. The van der Waals surface area contributed by atoms with Crippen molar-refractivity contribution < 1.29 is 28.2 Å². The van der Waals surface area contributed by atoms with Crippen LogP contribution in [-0.2, 0) is 28.7 Å². The molecule has 0 aromatic heterocycles. The zero-order chi connectivity index (χ0) is 26.5. The van der Waals surface area contributed by atoms with Crippen LogP contribution >= 0.6 is 7.60 Å². The minimum atomic E-state index is -3.57. The maximum Gasteiger partial charge on any atom is 0.359 e. The van der Waals surface area contributed by atoms with E-state index in [0.29, 0.717) is 0 Å². The van der Waals surface area contributed by atoms with Crippen molar-refractivity contribution in [2.45, 2.75) is 64.1 Å². The van der Waals surface area contributed by atoms with Crippen molar-refractivity contribution in [2.75, 3.05) is 6.61 Å². The van der Waals surface area contributed by atoms with Crippen LogP contribution in [0.3, 0.4) is 0 Å². The summed E-state index contributed by atoms with van der Waals surface area (Å²) in [7, 11) is -3.57. The molecular formula is C30H37O6P. The molecule has 1 N–H and O–H groups in total. The van der Waals surface area contributed by atoms with Gasteiger partial charge in [-0.3, -0.25) is 4.57 Å². The van der Waals surface area contributed by atoms with E-state index >= 15 is 0 Å². The highest BCUT2D eigenvalue weighted by atomic mass is 31.2. The molecule has 37 heavy (non-hydrogen) atoms. The Kier molecular flexibility index (Phi) is 9.02. The van der Waals surface area contributed by atoms with E-state index in [1.165, 1.54) is 0 Å². The van der Waals surface area contributed by atoms with Crippen LogP contribution in [0.15, 0.2) is 91.0 Å². The van der Waals surface area contributed by atoms with Gasteiger partial charge in [-0.15, -0.1) is 0 Å². The van der Waals surface area contributed by atoms with Crippen molar-refractivity contribution in [3.8, 4) is 0 Å². The molecule has 3 aromatic rings. The zero-order valence-electron chi connectivity index (χ0n) is 21.9. The average Bonchev–Trinajstić information content (AvgIpc) is 3.40. The first-order chi connectivity index (χ1) is 17.7. The molecule has 7 heteroatoms. The van der Waals surface area contributed by atoms with E-state index in [0.717, 1.165) is 16.7 Å². The lowest BCUT2D eigenvalue weighted by Gasteiger charge is -2.38. The van der Waals surface area contributed by atoms with E-state index in [-0.39, 0.29) is 25.2 Å². The summed E-state index contributed by atoms with van der Waals surface area (Å²) in [6.07, 6.45) is -1.52. The Bertz CT molecular complexity index is 1040. The Morgan fingerprint density at radius 1 is 0.784 bits per heavy atom. The van der Waals surface area contributed by atoms with Gasteiger partial charge in [-0.2, -0.15) is 0 Å². The summed E-state index contributed by atoms with van der Waals surface area (Å²) in [5.41, 5.74) is 1.59. The molecular weight excluding hydrogens is 487 g/mol. The van der Waals surface area contributed by atoms with Crippen LogP contribution in [0.1, 0.15) is 50.8 Å². The zero-order valence-corrected chi connectivity index (χ0v) is 22.8. The van der Waals surface area contributed by atoms with Gasteiger partial charge in [0.2, 0.25) is 0 Å². The van der Waals surface area contributed by atoms with Gasteiger partial charge in [0.05, 0.1) is 18.8 Å². The smallest absolute Gasteiger partial charge is 0.359 e. The lowest BCUT2D eigenvalue weighted by molar-refractivity contribution is -0.185. The second kappa shape index (κ2) is 12.0. The third-order valence-corrected chi connectivity index (χ3v) is 8.81. The summed E-state index contributed by atoms with van der Waals surface area (Å²) in [6, 6.07) is 29.6. The predicted molar refractivity (Wildman–Crippen MR) is 144 cm³/mol. The van der Waals surface area contributed by atoms with Crippen LogP contribution < -0.4 is 0 Å². The standard InChI is InChI=1S/C30H37O6P/c1-22(2)35-37(32,36-23(3)4)28-20-24(21-33-28)29(31)34-30(25-14-8-5-9-15-25,26-16-10-6-11-17-26)27-18-12-7-13-19-27/h5-19,22-24,28-29,31H,20-21H2,1-4H3/t24-,28+,29?/m1/s1. The van der Waals surface area contributed by atoms with Crippen LogP contribution in [0.2, 0.25) is 0 Å². The first-order valence-corrected chi connectivity index (χ1v) is 14.5. The first kappa shape index (κ1) is 27.7. The Hall–Kier alpha value is -2.31. The minimum absolute atomic E-state index is 0.174. The second-order valence-electron chi connectivity index (χ2n) is 9.92. The van der Waals surface area contributed by atoms with Crippen LogP contribution in [0.25, 0.3) is 0 Å². The molecule has 3 atom stereocenters. The molecule has 0 saturated carbocycles. The topological polar surface area (TPSA) is 74.2 Å². The fourth-order valence-electron chi connectivity index (χ4n) is 4.80. The lowest BCUT2D eigenvalue weighted by Crippen LogP contribution is -2.40. The first-order valence-electron chi connectivity index (χ1n) is 12.8. The van der Waals surface area contributed by atoms with Crippen LogP contribution in [0.4, 0.5) is 0 Å². The maximum absolute atomic E-state index is 13.7. The van der Waals surface area contributed by atoms with Gasteiger partial charge >= 0.3 is 7.60 Å². The monoisotopic (exact) mass is 524 g/mol. The molecule has 1 saturated heterocycles. The Morgan fingerprint density at radius 3 is 1.57 bits per heavy atom. The van der Waals surface area contributed by atoms with Gasteiger partial charge < -0.3 is 23.6 Å². The van der Waals surface area contributed by atoms with Crippen molar-refractivity contribution in [1.82, 2.24) is 0 Å². The minimum Gasteiger partial charge on any atom is -0.368 e. The van der Waals surface area contributed by atoms with Gasteiger partial charge in [0.1, 0.15) is 5.60 Å². The molecule has 198 valence electrons. The molecule has 0 amide bonds. The van der Waals surface area contributed by atoms with Crippen molar-refractivity contribution in [2.24, 2.45) is 5.92 Å². The number of hydrogen-bond acceptors (Lipinski definition) is 6. The van der Waals surface area contributed by atoms with E-state index in [2.05, 4.69) is 0 Å². The number of hydrogen-bond donors (Lipinski definition) is 1. The molecule has 1 fully saturated rings. The van der Waals surface area contributed by atoms with E-state index in [1.807, 2.05) is 119 Å². The normalized spacial score (nSPS) is 19.4. The van der Waals surface area contributed by atoms with Gasteiger partial charge in [0.15, 0.2) is 12.1 Å².